The minimum absolute atomic E-state index is 0.0232. The molecule has 0 saturated heterocycles. The smallest absolute Gasteiger partial charge is 0.244 e. The highest BCUT2D eigenvalue weighted by atomic mass is 16.2. The van der Waals surface area contributed by atoms with Crippen LogP contribution >= 0.6 is 0 Å². The van der Waals surface area contributed by atoms with Crippen molar-refractivity contribution in [2.75, 3.05) is 13.1 Å². The molecule has 3 rings (SSSR count). The number of carbonyl (C=O) groups is 2. The maximum atomic E-state index is 12.6. The third kappa shape index (κ3) is 5.93. The standard InChI is InChI=1S/C26H30N2O2/c1-26(2,3)18-25(30)28-16-8-15-27-24(29)17-23-21-11-6-4-9-19(21)13-14-20-10-5-7-12-22(20)23/h4-7,9-14,17H,8,15-16,18H2,1-3H3,(H,27,29)(H,28,30). The van der Waals surface area contributed by atoms with E-state index in [4.69, 9.17) is 0 Å². The summed E-state index contributed by atoms with van der Waals surface area (Å²) in [6, 6.07) is 16.2. The normalized spacial score (nSPS) is 12.4. The maximum absolute atomic E-state index is 12.6. The van der Waals surface area contributed by atoms with Gasteiger partial charge in [-0.3, -0.25) is 9.59 Å². The van der Waals surface area contributed by atoms with E-state index in [1.54, 1.807) is 6.08 Å². The first-order valence-corrected chi connectivity index (χ1v) is 10.5. The van der Waals surface area contributed by atoms with Crippen LogP contribution in [0.4, 0.5) is 0 Å². The van der Waals surface area contributed by atoms with Crippen molar-refractivity contribution in [1.29, 1.82) is 0 Å². The Hall–Kier alpha value is -3.14. The van der Waals surface area contributed by atoms with E-state index in [1.165, 1.54) is 0 Å². The first-order valence-electron chi connectivity index (χ1n) is 10.5. The van der Waals surface area contributed by atoms with Crippen LogP contribution in [0.15, 0.2) is 54.6 Å². The minimum Gasteiger partial charge on any atom is -0.356 e. The highest BCUT2D eigenvalue weighted by Crippen LogP contribution is 2.33. The van der Waals surface area contributed by atoms with Crippen LogP contribution in [0, 0.1) is 5.41 Å². The molecule has 2 aromatic carbocycles. The van der Waals surface area contributed by atoms with Crippen LogP contribution in [-0.4, -0.2) is 24.9 Å². The molecule has 2 N–H and O–H groups in total. The summed E-state index contributed by atoms with van der Waals surface area (Å²) in [5, 5.41) is 5.86. The number of hydrogen-bond donors (Lipinski definition) is 2. The second-order valence-electron chi connectivity index (χ2n) is 8.80. The lowest BCUT2D eigenvalue weighted by atomic mass is 9.92. The second-order valence-corrected chi connectivity index (χ2v) is 8.80. The van der Waals surface area contributed by atoms with Gasteiger partial charge in [0.15, 0.2) is 0 Å². The van der Waals surface area contributed by atoms with E-state index in [2.05, 4.69) is 34.9 Å². The van der Waals surface area contributed by atoms with Crippen molar-refractivity contribution < 1.29 is 9.59 Å². The largest absolute Gasteiger partial charge is 0.356 e. The van der Waals surface area contributed by atoms with Crippen LogP contribution in [0.1, 0.15) is 55.9 Å². The fraction of sp³-hybridized carbons (Fsp3) is 0.308. The maximum Gasteiger partial charge on any atom is 0.244 e. The lowest BCUT2D eigenvalue weighted by Gasteiger charge is -2.17. The Kier molecular flexibility index (Phi) is 6.88. The molecule has 30 heavy (non-hydrogen) atoms. The summed E-state index contributed by atoms with van der Waals surface area (Å²) in [6.45, 7) is 7.19. The van der Waals surface area contributed by atoms with Crippen molar-refractivity contribution in [3.63, 3.8) is 0 Å². The summed E-state index contributed by atoms with van der Waals surface area (Å²) in [5.74, 6) is -0.0763. The van der Waals surface area contributed by atoms with Gasteiger partial charge in [0.2, 0.25) is 11.8 Å². The number of rotatable bonds is 6. The minimum atomic E-state index is -0.127. The van der Waals surface area contributed by atoms with Gasteiger partial charge in [-0.05, 0) is 39.7 Å². The molecule has 4 nitrogen and oxygen atoms in total. The predicted octanol–water partition coefficient (Wildman–Crippen LogP) is 4.66. The number of fused-ring (bicyclic) bond motifs is 2. The van der Waals surface area contributed by atoms with Gasteiger partial charge in [0.1, 0.15) is 0 Å². The predicted molar refractivity (Wildman–Crippen MR) is 124 cm³/mol. The van der Waals surface area contributed by atoms with Crippen molar-refractivity contribution in [2.24, 2.45) is 5.41 Å². The monoisotopic (exact) mass is 402 g/mol. The van der Waals surface area contributed by atoms with Gasteiger partial charge in [0.25, 0.3) is 0 Å². The van der Waals surface area contributed by atoms with Gasteiger partial charge in [-0.25, -0.2) is 0 Å². The van der Waals surface area contributed by atoms with E-state index in [-0.39, 0.29) is 17.2 Å². The number of amides is 2. The molecular weight excluding hydrogens is 372 g/mol. The summed E-state index contributed by atoms with van der Waals surface area (Å²) in [6.07, 6.45) is 7.06. The van der Waals surface area contributed by atoms with E-state index >= 15 is 0 Å². The van der Waals surface area contributed by atoms with Crippen molar-refractivity contribution in [2.45, 2.75) is 33.6 Å². The van der Waals surface area contributed by atoms with Crippen LogP contribution in [0.25, 0.3) is 17.7 Å². The molecule has 0 unspecified atom stereocenters. The molecule has 0 bridgehead atoms. The van der Waals surface area contributed by atoms with E-state index < -0.39 is 0 Å². The molecule has 4 heteroatoms. The fourth-order valence-corrected chi connectivity index (χ4v) is 3.51. The third-order valence-electron chi connectivity index (χ3n) is 4.89. The average molecular weight is 403 g/mol. The van der Waals surface area contributed by atoms with Crippen LogP contribution in [0.2, 0.25) is 0 Å². The van der Waals surface area contributed by atoms with Crippen LogP contribution < -0.4 is 10.6 Å². The number of benzene rings is 2. The van der Waals surface area contributed by atoms with Gasteiger partial charge in [-0.1, -0.05) is 81.5 Å². The van der Waals surface area contributed by atoms with E-state index in [0.717, 1.165) is 27.8 Å². The lowest BCUT2D eigenvalue weighted by molar-refractivity contribution is -0.122. The molecule has 0 aliphatic heterocycles. The molecule has 0 radical (unpaired) electrons. The summed E-state index contributed by atoms with van der Waals surface area (Å²) < 4.78 is 0. The van der Waals surface area contributed by atoms with Crippen LogP contribution in [0.5, 0.6) is 0 Å². The second kappa shape index (κ2) is 9.57. The molecular formula is C26H30N2O2. The van der Waals surface area contributed by atoms with Gasteiger partial charge in [0.05, 0.1) is 0 Å². The van der Waals surface area contributed by atoms with Gasteiger partial charge >= 0.3 is 0 Å². The molecule has 0 spiro atoms. The SMILES string of the molecule is CC(C)(C)CC(=O)NCCCNC(=O)C=C1c2ccccc2C=Cc2ccccc21. The molecule has 0 heterocycles. The summed E-state index contributed by atoms with van der Waals surface area (Å²) >= 11 is 0. The lowest BCUT2D eigenvalue weighted by Crippen LogP contribution is -2.31. The molecule has 0 fully saturated rings. The number of nitrogens with one attached hydrogen (secondary N) is 2. The zero-order valence-corrected chi connectivity index (χ0v) is 18.0. The first kappa shape index (κ1) is 21.6. The molecule has 1 aliphatic rings. The van der Waals surface area contributed by atoms with Gasteiger partial charge in [-0.15, -0.1) is 0 Å². The molecule has 156 valence electrons. The summed E-state index contributed by atoms with van der Waals surface area (Å²) in [7, 11) is 0. The summed E-state index contributed by atoms with van der Waals surface area (Å²) in [5.41, 5.74) is 5.17. The Morgan fingerprint density at radius 1 is 0.833 bits per heavy atom. The quantitative estimate of drug-likeness (QED) is 0.465. The highest BCUT2D eigenvalue weighted by molar-refractivity contribution is 6.03. The fourth-order valence-electron chi connectivity index (χ4n) is 3.51. The topological polar surface area (TPSA) is 58.2 Å². The molecule has 0 saturated carbocycles. The van der Waals surface area contributed by atoms with Gasteiger partial charge in [0, 0.05) is 25.6 Å². The molecule has 0 aromatic heterocycles. The molecule has 1 aliphatic carbocycles. The summed E-state index contributed by atoms with van der Waals surface area (Å²) in [4.78, 5) is 24.5. The Morgan fingerprint density at radius 2 is 1.37 bits per heavy atom. The van der Waals surface area contributed by atoms with Gasteiger partial charge in [-0.2, -0.15) is 0 Å². The molecule has 2 aromatic rings. The Morgan fingerprint density at radius 3 is 1.93 bits per heavy atom. The molecule has 0 atom stereocenters. The molecule has 2 amide bonds. The van der Waals surface area contributed by atoms with Crippen LogP contribution in [-0.2, 0) is 9.59 Å². The average Bonchev–Trinajstić information content (AvgIpc) is 2.84. The first-order chi connectivity index (χ1) is 14.3. The van der Waals surface area contributed by atoms with Crippen molar-refractivity contribution >= 4 is 29.5 Å². The zero-order valence-electron chi connectivity index (χ0n) is 18.0. The Bertz CT molecular complexity index is 929. The van der Waals surface area contributed by atoms with E-state index in [1.807, 2.05) is 57.2 Å². The van der Waals surface area contributed by atoms with E-state index in [0.29, 0.717) is 25.9 Å². The number of hydrogen-bond acceptors (Lipinski definition) is 2. The van der Waals surface area contributed by atoms with Crippen molar-refractivity contribution in [3.05, 3.63) is 76.9 Å². The number of carbonyl (C=O) groups excluding carboxylic acids is 2. The third-order valence-corrected chi connectivity index (χ3v) is 4.89. The van der Waals surface area contributed by atoms with Crippen molar-refractivity contribution in [1.82, 2.24) is 10.6 Å². The highest BCUT2D eigenvalue weighted by Gasteiger charge is 2.16. The zero-order chi connectivity index (χ0) is 21.6. The Labute approximate surface area is 179 Å². The Balaban J connectivity index is 1.63. The van der Waals surface area contributed by atoms with E-state index in [9.17, 15) is 9.59 Å². The van der Waals surface area contributed by atoms with Crippen molar-refractivity contribution in [3.8, 4) is 0 Å². The van der Waals surface area contributed by atoms with Gasteiger partial charge < -0.3 is 10.6 Å². The van der Waals surface area contributed by atoms with Crippen LogP contribution in [0.3, 0.4) is 0 Å².